The molecule has 0 radical (unpaired) electrons. The number of thioether (sulfide) groups is 1. The maximum atomic E-state index is 10.6. The van der Waals surface area contributed by atoms with Crippen LogP contribution >= 0.6 is 11.8 Å². The smallest absolute Gasteiger partial charge is 0.227 e. The summed E-state index contributed by atoms with van der Waals surface area (Å²) >= 11 is 1.31. The predicted molar refractivity (Wildman–Crippen MR) is 95.6 cm³/mol. The molecule has 0 bridgehead atoms. The topological polar surface area (TPSA) is 96.9 Å². The van der Waals surface area contributed by atoms with Crippen molar-refractivity contribution in [3.63, 3.8) is 0 Å². The van der Waals surface area contributed by atoms with Crippen LogP contribution in [0.5, 0.6) is 0 Å². The molecule has 0 spiro atoms. The van der Waals surface area contributed by atoms with Gasteiger partial charge in [-0.3, -0.25) is 4.57 Å². The molecule has 128 valence electrons. The number of carboxylic acids is 1. The summed E-state index contributed by atoms with van der Waals surface area (Å²) in [5, 5.41) is 21.6. The first-order chi connectivity index (χ1) is 12.1. The number of carbonyl (C=O) groups excluding carboxylic acids is 1. The Morgan fingerprint density at radius 1 is 1.20 bits per heavy atom. The first kappa shape index (κ1) is 16.0. The second kappa shape index (κ2) is 6.40. The highest BCUT2D eigenvalue weighted by atomic mass is 32.2. The number of anilines is 1. The van der Waals surface area contributed by atoms with E-state index in [1.807, 2.05) is 12.1 Å². The van der Waals surface area contributed by atoms with E-state index in [9.17, 15) is 9.90 Å². The van der Waals surface area contributed by atoms with Gasteiger partial charge in [0.25, 0.3) is 0 Å². The summed E-state index contributed by atoms with van der Waals surface area (Å²) in [4.78, 5) is 10.6. The zero-order chi connectivity index (χ0) is 17.4. The minimum Gasteiger partial charge on any atom is -0.550 e. The fourth-order valence-electron chi connectivity index (χ4n) is 3.08. The van der Waals surface area contributed by atoms with Gasteiger partial charge in [0.2, 0.25) is 5.95 Å². The number of carboxylic acid groups (broad SMARTS) is 1. The SMILES string of the molecule is Nc1nnc(SCCC(=O)[O-])n1-c1ccc(C2CC2)c2ccccc12. The largest absolute Gasteiger partial charge is 0.550 e. The Kier molecular flexibility index (Phi) is 4.09. The van der Waals surface area contributed by atoms with E-state index >= 15 is 0 Å². The van der Waals surface area contributed by atoms with E-state index in [0.717, 1.165) is 11.1 Å². The molecule has 4 rings (SSSR count). The zero-order valence-corrected chi connectivity index (χ0v) is 14.3. The lowest BCUT2D eigenvalue weighted by Crippen LogP contribution is -2.22. The van der Waals surface area contributed by atoms with Gasteiger partial charge in [0.1, 0.15) is 0 Å². The van der Waals surface area contributed by atoms with Gasteiger partial charge in [0.15, 0.2) is 5.16 Å². The molecule has 0 amide bonds. The van der Waals surface area contributed by atoms with Gasteiger partial charge in [0, 0.05) is 17.1 Å². The molecule has 0 saturated heterocycles. The predicted octanol–water partition coefficient (Wildman–Crippen LogP) is 2.11. The number of aliphatic carboxylic acids is 1. The molecule has 1 aliphatic carbocycles. The maximum absolute atomic E-state index is 10.6. The lowest BCUT2D eigenvalue weighted by molar-refractivity contribution is -0.305. The minimum absolute atomic E-state index is 0.0429. The van der Waals surface area contributed by atoms with Gasteiger partial charge in [-0.15, -0.1) is 10.2 Å². The Hall–Kier alpha value is -2.54. The Bertz CT molecular complexity index is 949. The second-order valence-corrected chi connectivity index (χ2v) is 7.20. The van der Waals surface area contributed by atoms with Crippen molar-refractivity contribution in [1.29, 1.82) is 0 Å². The van der Waals surface area contributed by atoms with Crippen molar-refractivity contribution < 1.29 is 9.90 Å². The minimum atomic E-state index is -1.08. The average Bonchev–Trinajstić information content (AvgIpc) is 3.38. The first-order valence-corrected chi connectivity index (χ1v) is 9.19. The average molecular weight is 353 g/mol. The van der Waals surface area contributed by atoms with Crippen LogP contribution in [0.25, 0.3) is 16.5 Å². The summed E-state index contributed by atoms with van der Waals surface area (Å²) in [5.41, 5.74) is 8.34. The quantitative estimate of drug-likeness (QED) is 0.682. The van der Waals surface area contributed by atoms with Crippen molar-refractivity contribution in [3.05, 3.63) is 42.0 Å². The molecule has 0 atom stereocenters. The van der Waals surface area contributed by atoms with E-state index in [4.69, 9.17) is 5.73 Å². The van der Waals surface area contributed by atoms with Gasteiger partial charge in [0.05, 0.1) is 5.69 Å². The highest BCUT2D eigenvalue weighted by molar-refractivity contribution is 7.99. The normalized spacial score (nSPS) is 14.1. The number of aromatic nitrogens is 3. The molecule has 1 saturated carbocycles. The summed E-state index contributed by atoms with van der Waals surface area (Å²) in [7, 11) is 0. The summed E-state index contributed by atoms with van der Waals surface area (Å²) in [6, 6.07) is 12.5. The first-order valence-electron chi connectivity index (χ1n) is 8.20. The summed E-state index contributed by atoms with van der Waals surface area (Å²) in [6.07, 6.45) is 2.43. The van der Waals surface area contributed by atoms with Crippen molar-refractivity contribution in [1.82, 2.24) is 14.8 Å². The van der Waals surface area contributed by atoms with Crippen molar-refractivity contribution in [3.8, 4) is 5.69 Å². The molecule has 0 aliphatic heterocycles. The van der Waals surface area contributed by atoms with E-state index in [-0.39, 0.29) is 6.42 Å². The Balaban J connectivity index is 1.79. The van der Waals surface area contributed by atoms with E-state index in [1.165, 1.54) is 35.6 Å². The number of nitrogens with zero attached hydrogens (tertiary/aromatic N) is 3. The molecule has 2 aromatic carbocycles. The number of nitrogens with two attached hydrogens (primary N) is 1. The highest BCUT2D eigenvalue weighted by Gasteiger charge is 2.26. The van der Waals surface area contributed by atoms with E-state index < -0.39 is 5.97 Å². The molecule has 6 nitrogen and oxygen atoms in total. The third kappa shape index (κ3) is 3.07. The van der Waals surface area contributed by atoms with E-state index in [2.05, 4.69) is 34.5 Å². The lowest BCUT2D eigenvalue weighted by atomic mass is 9.99. The molecule has 7 heteroatoms. The van der Waals surface area contributed by atoms with Crippen molar-refractivity contribution in [2.24, 2.45) is 0 Å². The third-order valence-corrected chi connectivity index (χ3v) is 5.32. The number of hydrogen-bond donors (Lipinski definition) is 1. The highest BCUT2D eigenvalue weighted by Crippen LogP contribution is 2.44. The number of fused-ring (bicyclic) bond motifs is 1. The lowest BCUT2D eigenvalue weighted by Gasteiger charge is -2.14. The van der Waals surface area contributed by atoms with Gasteiger partial charge in [-0.2, -0.15) is 0 Å². The monoisotopic (exact) mass is 353 g/mol. The number of benzene rings is 2. The molecule has 1 heterocycles. The third-order valence-electron chi connectivity index (χ3n) is 4.39. The molecule has 2 N–H and O–H groups in total. The second-order valence-electron chi connectivity index (χ2n) is 6.14. The number of carbonyl (C=O) groups is 1. The molecule has 1 aromatic heterocycles. The summed E-state index contributed by atoms with van der Waals surface area (Å²) in [6.45, 7) is 0. The summed E-state index contributed by atoms with van der Waals surface area (Å²) in [5.74, 6) is 0.221. The van der Waals surface area contributed by atoms with Gasteiger partial charge < -0.3 is 15.6 Å². The number of nitrogen functional groups attached to an aromatic ring is 1. The Morgan fingerprint density at radius 2 is 1.96 bits per heavy atom. The van der Waals surface area contributed by atoms with Crippen LogP contribution in [0, 0.1) is 0 Å². The van der Waals surface area contributed by atoms with Crippen LogP contribution in [0.3, 0.4) is 0 Å². The van der Waals surface area contributed by atoms with Crippen LogP contribution in [0.1, 0.15) is 30.7 Å². The molecule has 1 aliphatic rings. The van der Waals surface area contributed by atoms with Gasteiger partial charge in [-0.05, 0) is 42.2 Å². The van der Waals surface area contributed by atoms with Gasteiger partial charge in [-0.1, -0.05) is 42.1 Å². The van der Waals surface area contributed by atoms with Gasteiger partial charge >= 0.3 is 0 Å². The molecule has 25 heavy (non-hydrogen) atoms. The standard InChI is InChI=1S/C18H18N4O2S/c19-17-20-21-18(25-10-9-16(23)24)22(17)15-8-7-12(11-5-6-11)13-3-1-2-4-14(13)15/h1-4,7-8,11H,5-6,9-10H2,(H2,19,20)(H,23,24)/p-1. The van der Waals surface area contributed by atoms with Crippen LogP contribution in [0.2, 0.25) is 0 Å². The van der Waals surface area contributed by atoms with Crippen LogP contribution in [0.4, 0.5) is 5.95 Å². The zero-order valence-electron chi connectivity index (χ0n) is 13.5. The van der Waals surface area contributed by atoms with Crippen molar-refractivity contribution in [2.45, 2.75) is 30.3 Å². The van der Waals surface area contributed by atoms with E-state index in [0.29, 0.717) is 22.8 Å². The van der Waals surface area contributed by atoms with Crippen molar-refractivity contribution >= 4 is 34.5 Å². The molecule has 3 aromatic rings. The van der Waals surface area contributed by atoms with Crippen LogP contribution in [0.15, 0.2) is 41.6 Å². The Labute approximate surface area is 149 Å². The molecule has 1 fully saturated rings. The van der Waals surface area contributed by atoms with Crippen molar-refractivity contribution in [2.75, 3.05) is 11.5 Å². The maximum Gasteiger partial charge on any atom is 0.227 e. The number of hydrogen-bond acceptors (Lipinski definition) is 6. The van der Waals surface area contributed by atoms with Crippen LogP contribution in [-0.4, -0.2) is 26.5 Å². The van der Waals surface area contributed by atoms with Crippen LogP contribution in [-0.2, 0) is 4.79 Å². The van der Waals surface area contributed by atoms with Gasteiger partial charge in [-0.25, -0.2) is 0 Å². The molecular weight excluding hydrogens is 336 g/mol. The van der Waals surface area contributed by atoms with E-state index in [1.54, 1.807) is 4.57 Å². The fourth-order valence-corrected chi connectivity index (χ4v) is 3.95. The molecule has 0 unspecified atom stereocenters. The number of rotatable bonds is 6. The van der Waals surface area contributed by atoms with Crippen LogP contribution < -0.4 is 10.8 Å². The fraction of sp³-hybridized carbons (Fsp3) is 0.278. The summed E-state index contributed by atoms with van der Waals surface area (Å²) < 4.78 is 1.79. The molecular formula is C18H17N4O2S-. The Morgan fingerprint density at radius 3 is 2.68 bits per heavy atom.